The van der Waals surface area contributed by atoms with Gasteiger partial charge in [0.25, 0.3) is 0 Å². The Kier molecular flexibility index (Phi) is 2.59. The Balaban J connectivity index is 3.08. The van der Waals surface area contributed by atoms with Gasteiger partial charge in [-0.1, -0.05) is 0 Å². The number of fused-ring (bicyclic) bond motifs is 1. The monoisotopic (exact) mass is 234 g/mol. The molecule has 0 N–H and O–H groups in total. The van der Waals surface area contributed by atoms with E-state index in [9.17, 15) is 4.79 Å². The van der Waals surface area contributed by atoms with Crippen LogP contribution in [0.5, 0.6) is 0 Å². The summed E-state index contributed by atoms with van der Waals surface area (Å²) >= 11 is 0. The third kappa shape index (κ3) is 1.31. The van der Waals surface area contributed by atoms with Crippen LogP contribution in [-0.2, 0) is 0 Å². The highest BCUT2D eigenvalue weighted by Crippen LogP contribution is 2.30. The van der Waals surface area contributed by atoms with Gasteiger partial charge in [0.1, 0.15) is 5.65 Å². The number of carbonyl (C=O) groups is 1. The average Bonchev–Trinajstić information content (AvgIpc) is 2.50. The van der Waals surface area contributed by atoms with Gasteiger partial charge in [-0.05, 0) is 48.2 Å². The Bertz CT molecular complexity index is 599. The molecule has 4 heteroatoms. The van der Waals surface area contributed by atoms with Crippen molar-refractivity contribution >= 4 is 26.7 Å². The fraction of sp³-hybridized carbons (Fsp3) is 0.333. The molecule has 0 aliphatic heterocycles. The van der Waals surface area contributed by atoms with Crippen LogP contribution in [0, 0.1) is 27.7 Å². The zero-order valence-corrected chi connectivity index (χ0v) is 11.1. The van der Waals surface area contributed by atoms with Gasteiger partial charge in [0.15, 0.2) is 6.29 Å². The van der Waals surface area contributed by atoms with Crippen molar-refractivity contribution in [1.82, 2.24) is 9.32 Å². The van der Waals surface area contributed by atoms with E-state index in [4.69, 9.17) is 0 Å². The number of nitrogens with zero attached hydrogens (tertiary/aromatic N) is 2. The smallest absolute Gasteiger partial charge is 0.152 e. The van der Waals surface area contributed by atoms with Crippen molar-refractivity contribution < 1.29 is 4.79 Å². The van der Waals surface area contributed by atoms with Gasteiger partial charge in [-0.15, -0.1) is 0 Å². The van der Waals surface area contributed by atoms with E-state index in [1.54, 1.807) is 0 Å². The van der Waals surface area contributed by atoms with Crippen molar-refractivity contribution in [2.45, 2.75) is 27.7 Å². The molecule has 0 aromatic carbocycles. The van der Waals surface area contributed by atoms with Gasteiger partial charge in [-0.2, -0.15) is 0 Å². The van der Waals surface area contributed by atoms with E-state index in [1.807, 2.05) is 32.0 Å². The largest absolute Gasteiger partial charge is 0.314 e. The topological polar surface area (TPSA) is 34.9 Å². The molecule has 2 rings (SSSR count). The van der Waals surface area contributed by atoms with Crippen molar-refractivity contribution in [2.75, 3.05) is 0 Å². The first kappa shape index (κ1) is 11.3. The summed E-state index contributed by atoms with van der Waals surface area (Å²) < 4.78 is 1.90. The SMILES string of the molecule is Cc1nc2c(c(C)c1C)c(C=O)c(C)n2P. The summed E-state index contributed by atoms with van der Waals surface area (Å²) in [7, 11) is 2.61. The van der Waals surface area contributed by atoms with Crippen LogP contribution in [0.25, 0.3) is 11.0 Å². The lowest BCUT2D eigenvalue weighted by atomic mass is 10.0. The Labute approximate surface area is 97.1 Å². The maximum absolute atomic E-state index is 11.2. The van der Waals surface area contributed by atoms with Crippen molar-refractivity contribution in [3.05, 3.63) is 28.1 Å². The molecule has 2 aromatic rings. The van der Waals surface area contributed by atoms with E-state index in [0.29, 0.717) is 0 Å². The van der Waals surface area contributed by atoms with Crippen molar-refractivity contribution in [2.24, 2.45) is 0 Å². The minimum Gasteiger partial charge on any atom is -0.314 e. The highest BCUT2D eigenvalue weighted by atomic mass is 31.0. The van der Waals surface area contributed by atoms with E-state index in [-0.39, 0.29) is 0 Å². The number of pyridine rings is 1. The molecule has 2 heterocycles. The van der Waals surface area contributed by atoms with Gasteiger partial charge >= 0.3 is 0 Å². The quantitative estimate of drug-likeness (QED) is 0.561. The molecule has 0 amide bonds. The first-order valence-electron chi connectivity index (χ1n) is 5.18. The van der Waals surface area contributed by atoms with Gasteiger partial charge < -0.3 is 4.34 Å². The summed E-state index contributed by atoms with van der Waals surface area (Å²) in [5.41, 5.74) is 5.88. The third-order valence-electron chi connectivity index (χ3n) is 3.34. The van der Waals surface area contributed by atoms with Gasteiger partial charge in [0.05, 0.1) is 0 Å². The molecule has 2 aromatic heterocycles. The molecule has 1 unspecified atom stereocenters. The fourth-order valence-electron chi connectivity index (χ4n) is 2.04. The highest BCUT2D eigenvalue weighted by molar-refractivity contribution is 7.15. The Hall–Kier alpha value is -1.21. The minimum absolute atomic E-state index is 0.748. The van der Waals surface area contributed by atoms with E-state index in [0.717, 1.165) is 45.4 Å². The molecule has 84 valence electrons. The maximum Gasteiger partial charge on any atom is 0.152 e. The molecule has 0 aliphatic rings. The lowest BCUT2D eigenvalue weighted by molar-refractivity contribution is 0.112. The first-order chi connectivity index (χ1) is 7.49. The normalized spacial score (nSPS) is 11.1. The van der Waals surface area contributed by atoms with E-state index in [2.05, 4.69) is 14.4 Å². The van der Waals surface area contributed by atoms with Gasteiger partial charge in [0, 0.05) is 22.3 Å². The summed E-state index contributed by atoms with van der Waals surface area (Å²) in [5, 5.41) is 0.977. The highest BCUT2D eigenvalue weighted by Gasteiger charge is 2.16. The zero-order chi connectivity index (χ0) is 12.0. The van der Waals surface area contributed by atoms with Gasteiger partial charge in [0.2, 0.25) is 0 Å². The Morgan fingerprint density at radius 3 is 2.38 bits per heavy atom. The average molecular weight is 234 g/mol. The zero-order valence-electron chi connectivity index (χ0n) is 9.96. The molecular formula is C12H15N2OP. The summed E-state index contributed by atoms with van der Waals surface area (Å²) in [6.45, 7) is 8.02. The molecule has 0 saturated heterocycles. The molecule has 0 fully saturated rings. The molecule has 0 radical (unpaired) electrons. The van der Waals surface area contributed by atoms with Crippen LogP contribution in [0.2, 0.25) is 0 Å². The van der Waals surface area contributed by atoms with Crippen LogP contribution < -0.4 is 0 Å². The van der Waals surface area contributed by atoms with Gasteiger partial charge in [-0.3, -0.25) is 4.79 Å². The Morgan fingerprint density at radius 1 is 1.19 bits per heavy atom. The standard InChI is InChI=1S/C12H15N2OP/c1-6-7(2)11-10(5-15)9(4)14(16)12(11)13-8(6)3/h5H,16H2,1-4H3. The predicted molar refractivity (Wildman–Crippen MR) is 69.2 cm³/mol. The number of aromatic nitrogens is 2. The number of aldehydes is 1. The second kappa shape index (κ2) is 3.67. The van der Waals surface area contributed by atoms with Crippen LogP contribution in [0.4, 0.5) is 0 Å². The number of aryl methyl sites for hydroxylation is 2. The molecule has 3 nitrogen and oxygen atoms in total. The van der Waals surface area contributed by atoms with Crippen molar-refractivity contribution in [1.29, 1.82) is 0 Å². The summed E-state index contributed by atoms with van der Waals surface area (Å²) in [5.74, 6) is 0. The summed E-state index contributed by atoms with van der Waals surface area (Å²) in [6.07, 6.45) is 0.918. The molecular weight excluding hydrogens is 219 g/mol. The van der Waals surface area contributed by atoms with E-state index >= 15 is 0 Å². The minimum atomic E-state index is 0.748. The Morgan fingerprint density at radius 2 is 1.81 bits per heavy atom. The van der Waals surface area contributed by atoms with Crippen molar-refractivity contribution in [3.8, 4) is 0 Å². The number of rotatable bonds is 1. The second-order valence-electron chi connectivity index (χ2n) is 4.13. The van der Waals surface area contributed by atoms with Crippen LogP contribution in [0.1, 0.15) is 32.9 Å². The van der Waals surface area contributed by atoms with Gasteiger partial charge in [-0.25, -0.2) is 4.98 Å². The van der Waals surface area contributed by atoms with Crippen LogP contribution >= 0.6 is 9.39 Å². The molecule has 0 saturated carbocycles. The van der Waals surface area contributed by atoms with Crippen LogP contribution in [0.3, 0.4) is 0 Å². The number of hydrogen-bond acceptors (Lipinski definition) is 2. The molecule has 16 heavy (non-hydrogen) atoms. The number of carbonyl (C=O) groups excluding carboxylic acids is 1. The van der Waals surface area contributed by atoms with E-state index < -0.39 is 0 Å². The lowest BCUT2D eigenvalue weighted by Crippen LogP contribution is -1.94. The second-order valence-corrected chi connectivity index (χ2v) is 4.65. The molecule has 0 spiro atoms. The van der Waals surface area contributed by atoms with Crippen molar-refractivity contribution in [3.63, 3.8) is 0 Å². The molecule has 0 bridgehead atoms. The summed E-state index contributed by atoms with van der Waals surface area (Å²) in [4.78, 5) is 15.7. The molecule has 0 aliphatic carbocycles. The number of hydrogen-bond donors (Lipinski definition) is 0. The molecule has 1 atom stereocenters. The fourth-order valence-corrected chi connectivity index (χ4v) is 2.36. The maximum atomic E-state index is 11.2. The third-order valence-corrected chi connectivity index (χ3v) is 3.98. The lowest BCUT2D eigenvalue weighted by Gasteiger charge is -2.06. The van der Waals surface area contributed by atoms with Crippen LogP contribution in [-0.4, -0.2) is 15.6 Å². The van der Waals surface area contributed by atoms with Crippen LogP contribution in [0.15, 0.2) is 0 Å². The predicted octanol–water partition coefficient (Wildman–Crippen LogP) is 2.72. The van der Waals surface area contributed by atoms with E-state index in [1.165, 1.54) is 0 Å². The first-order valence-corrected chi connectivity index (χ1v) is 5.69. The summed E-state index contributed by atoms with van der Waals surface area (Å²) in [6, 6.07) is 0.